The number of nitrogens with zero attached hydrogens (tertiary/aromatic N) is 2. The van der Waals surface area contributed by atoms with Crippen molar-refractivity contribution in [2.24, 2.45) is 0 Å². The van der Waals surface area contributed by atoms with Crippen molar-refractivity contribution in [1.29, 1.82) is 0 Å². The van der Waals surface area contributed by atoms with Crippen molar-refractivity contribution < 1.29 is 14.3 Å². The zero-order valence-electron chi connectivity index (χ0n) is 14.3. The van der Waals surface area contributed by atoms with E-state index in [4.69, 9.17) is 4.74 Å². The minimum atomic E-state index is -0.258. The summed E-state index contributed by atoms with van der Waals surface area (Å²) in [6, 6.07) is 9.27. The van der Waals surface area contributed by atoms with Gasteiger partial charge in [-0.1, -0.05) is 18.2 Å². The van der Waals surface area contributed by atoms with Gasteiger partial charge in [-0.25, -0.2) is 0 Å². The topological polar surface area (TPSA) is 49.9 Å². The van der Waals surface area contributed by atoms with Gasteiger partial charge >= 0.3 is 0 Å². The van der Waals surface area contributed by atoms with Gasteiger partial charge in [-0.05, 0) is 51.5 Å². The second kappa shape index (κ2) is 6.61. The summed E-state index contributed by atoms with van der Waals surface area (Å²) < 4.78 is 5.65. The molecule has 2 aromatic rings. The molecule has 5 heteroatoms. The van der Waals surface area contributed by atoms with Gasteiger partial charge in [0.05, 0.1) is 12.2 Å². The summed E-state index contributed by atoms with van der Waals surface area (Å²) in [6.07, 6.45) is 0.743. The first-order chi connectivity index (χ1) is 11.5. The number of hydrogen-bond acceptors (Lipinski definition) is 4. The lowest BCUT2D eigenvalue weighted by Crippen LogP contribution is -2.41. The number of imide groups is 1. The zero-order chi connectivity index (χ0) is 17.3. The van der Waals surface area contributed by atoms with Crippen LogP contribution in [0.3, 0.4) is 0 Å². The van der Waals surface area contributed by atoms with E-state index in [2.05, 4.69) is 0 Å². The summed E-state index contributed by atoms with van der Waals surface area (Å²) in [6.45, 7) is 3.59. The third kappa shape index (κ3) is 2.76. The van der Waals surface area contributed by atoms with Gasteiger partial charge in [0.25, 0.3) is 11.8 Å². The minimum absolute atomic E-state index is 0.217. The first-order valence-electron chi connectivity index (χ1n) is 8.24. The maximum absolute atomic E-state index is 13.0. The highest BCUT2D eigenvalue weighted by Gasteiger charge is 2.34. The first-order valence-corrected chi connectivity index (χ1v) is 8.24. The van der Waals surface area contributed by atoms with Crippen LogP contribution < -0.4 is 4.74 Å². The summed E-state index contributed by atoms with van der Waals surface area (Å²) >= 11 is 0. The Balaban J connectivity index is 2.07. The van der Waals surface area contributed by atoms with Gasteiger partial charge in [0, 0.05) is 17.5 Å². The van der Waals surface area contributed by atoms with Gasteiger partial charge in [-0.15, -0.1) is 0 Å². The number of hydrogen-bond donors (Lipinski definition) is 0. The molecule has 0 atom stereocenters. The number of rotatable bonds is 6. The van der Waals surface area contributed by atoms with Crippen molar-refractivity contribution >= 4 is 22.6 Å². The van der Waals surface area contributed by atoms with Crippen LogP contribution in [0, 0.1) is 0 Å². The van der Waals surface area contributed by atoms with E-state index in [1.165, 1.54) is 4.90 Å². The van der Waals surface area contributed by atoms with Crippen LogP contribution in [-0.2, 0) is 0 Å². The molecule has 0 saturated heterocycles. The Hall–Kier alpha value is -2.40. The zero-order valence-corrected chi connectivity index (χ0v) is 14.3. The predicted molar refractivity (Wildman–Crippen MR) is 93.7 cm³/mol. The molecule has 0 radical (unpaired) electrons. The van der Waals surface area contributed by atoms with Crippen LogP contribution in [0.5, 0.6) is 5.75 Å². The molecule has 0 spiro atoms. The lowest BCUT2D eigenvalue weighted by atomic mass is 9.93. The van der Waals surface area contributed by atoms with E-state index in [9.17, 15) is 9.59 Å². The second-order valence-electron chi connectivity index (χ2n) is 6.19. The van der Waals surface area contributed by atoms with Crippen LogP contribution in [-0.4, -0.2) is 55.4 Å². The third-order valence-electron chi connectivity index (χ3n) is 4.23. The van der Waals surface area contributed by atoms with Crippen LogP contribution in [0.15, 0.2) is 30.3 Å². The molecule has 2 aromatic carbocycles. The van der Waals surface area contributed by atoms with Crippen molar-refractivity contribution in [3.8, 4) is 5.75 Å². The Morgan fingerprint density at radius 3 is 2.58 bits per heavy atom. The molecule has 0 saturated carbocycles. The molecule has 2 amide bonds. The van der Waals surface area contributed by atoms with Crippen molar-refractivity contribution in [1.82, 2.24) is 9.80 Å². The average molecular weight is 326 g/mol. The molecular formula is C19H22N2O3. The SMILES string of the molecule is CCOc1ccc2cccc3c2c1C(=O)N(CCCN(C)C)C3=O. The highest BCUT2D eigenvalue weighted by atomic mass is 16.5. The highest BCUT2D eigenvalue weighted by molar-refractivity contribution is 6.26. The number of carbonyl (C=O) groups excluding carboxylic acids is 2. The molecule has 3 rings (SSSR count). The number of ether oxygens (including phenoxy) is 1. The Labute approximate surface area is 141 Å². The van der Waals surface area contributed by atoms with Crippen LogP contribution in [0.25, 0.3) is 10.8 Å². The summed E-state index contributed by atoms with van der Waals surface area (Å²) in [7, 11) is 3.95. The molecule has 126 valence electrons. The van der Waals surface area contributed by atoms with Crippen molar-refractivity contribution in [2.45, 2.75) is 13.3 Å². The Morgan fingerprint density at radius 1 is 1.08 bits per heavy atom. The molecule has 1 heterocycles. The van der Waals surface area contributed by atoms with E-state index in [-0.39, 0.29) is 11.8 Å². The molecule has 24 heavy (non-hydrogen) atoms. The van der Waals surface area contributed by atoms with Crippen LogP contribution in [0.2, 0.25) is 0 Å². The smallest absolute Gasteiger partial charge is 0.265 e. The molecule has 0 N–H and O–H groups in total. The molecule has 5 nitrogen and oxygen atoms in total. The molecule has 0 unspecified atom stereocenters. The molecule has 1 aliphatic rings. The van der Waals surface area contributed by atoms with Crippen molar-refractivity contribution in [3.05, 3.63) is 41.5 Å². The summed E-state index contributed by atoms with van der Waals surface area (Å²) in [5.74, 6) is 0.0737. The largest absolute Gasteiger partial charge is 0.493 e. The lowest BCUT2D eigenvalue weighted by Gasteiger charge is -2.28. The quantitative estimate of drug-likeness (QED) is 0.766. The Morgan fingerprint density at radius 2 is 1.88 bits per heavy atom. The molecule has 0 fully saturated rings. The van der Waals surface area contributed by atoms with E-state index < -0.39 is 0 Å². The first kappa shape index (κ1) is 16.5. The maximum Gasteiger partial charge on any atom is 0.265 e. The van der Waals surface area contributed by atoms with Crippen LogP contribution in [0.1, 0.15) is 34.1 Å². The molecular weight excluding hydrogens is 304 g/mol. The van der Waals surface area contributed by atoms with Gasteiger partial charge in [-0.2, -0.15) is 0 Å². The van der Waals surface area contributed by atoms with E-state index in [0.717, 1.165) is 18.4 Å². The van der Waals surface area contributed by atoms with E-state index >= 15 is 0 Å². The summed E-state index contributed by atoms with van der Waals surface area (Å²) in [5, 5.41) is 1.60. The predicted octanol–water partition coefficient (Wildman–Crippen LogP) is 2.79. The highest BCUT2D eigenvalue weighted by Crippen LogP contribution is 2.36. The van der Waals surface area contributed by atoms with E-state index in [1.807, 2.05) is 50.2 Å². The van der Waals surface area contributed by atoms with Crippen molar-refractivity contribution in [2.75, 3.05) is 33.8 Å². The van der Waals surface area contributed by atoms with Gasteiger partial charge in [0.15, 0.2) is 0 Å². The normalized spacial score (nSPS) is 13.9. The number of carbonyl (C=O) groups is 2. The molecule has 1 aliphatic heterocycles. The monoisotopic (exact) mass is 326 g/mol. The molecule has 0 aliphatic carbocycles. The second-order valence-corrected chi connectivity index (χ2v) is 6.19. The summed E-state index contributed by atoms with van der Waals surface area (Å²) in [4.78, 5) is 29.2. The third-order valence-corrected chi connectivity index (χ3v) is 4.23. The summed E-state index contributed by atoms with van der Waals surface area (Å²) in [5.41, 5.74) is 1.09. The molecule has 0 bridgehead atoms. The number of benzene rings is 2. The van der Waals surface area contributed by atoms with Gasteiger partial charge in [-0.3, -0.25) is 14.5 Å². The number of amides is 2. The van der Waals surface area contributed by atoms with Gasteiger partial charge in [0.1, 0.15) is 5.75 Å². The van der Waals surface area contributed by atoms with Gasteiger partial charge < -0.3 is 9.64 Å². The Bertz CT molecular complexity index is 799. The minimum Gasteiger partial charge on any atom is -0.493 e. The van der Waals surface area contributed by atoms with Gasteiger partial charge in [0.2, 0.25) is 0 Å². The maximum atomic E-state index is 13.0. The standard InChI is InChI=1S/C19H22N2O3/c1-4-24-15-10-9-13-7-5-8-14-16(13)17(15)19(23)21(18(14)22)12-6-11-20(2)3/h5,7-10H,4,6,11-12H2,1-3H3. The van der Waals surface area contributed by atoms with E-state index in [0.29, 0.717) is 35.4 Å². The average Bonchev–Trinajstić information content (AvgIpc) is 2.56. The van der Waals surface area contributed by atoms with E-state index in [1.54, 1.807) is 6.07 Å². The fourth-order valence-electron chi connectivity index (χ4n) is 3.15. The van der Waals surface area contributed by atoms with Crippen molar-refractivity contribution in [3.63, 3.8) is 0 Å². The van der Waals surface area contributed by atoms with Crippen LogP contribution >= 0.6 is 0 Å². The molecule has 0 aromatic heterocycles. The fraction of sp³-hybridized carbons (Fsp3) is 0.368. The van der Waals surface area contributed by atoms with Crippen LogP contribution in [0.4, 0.5) is 0 Å². The Kier molecular flexibility index (Phi) is 4.53. The lowest BCUT2D eigenvalue weighted by molar-refractivity contribution is 0.0603. The fourth-order valence-corrected chi connectivity index (χ4v) is 3.15.